The first kappa shape index (κ1) is 11.5. The largest absolute Gasteiger partial charge is 0.508 e. The van der Waals surface area contributed by atoms with Crippen LogP contribution in [0.1, 0.15) is 25.0 Å². The van der Waals surface area contributed by atoms with E-state index in [-0.39, 0.29) is 5.54 Å². The molecular weight excluding hydrogens is 242 g/mol. The molecule has 1 aromatic carbocycles. The monoisotopic (exact) mass is 257 g/mol. The van der Waals surface area contributed by atoms with Crippen molar-refractivity contribution in [3.8, 4) is 5.75 Å². The first-order valence-corrected chi connectivity index (χ1v) is 5.36. The van der Waals surface area contributed by atoms with Crippen LogP contribution in [0.2, 0.25) is 0 Å². The van der Waals surface area contributed by atoms with E-state index in [2.05, 4.69) is 15.9 Å². The van der Waals surface area contributed by atoms with Gasteiger partial charge in [-0.3, -0.25) is 0 Å². The van der Waals surface area contributed by atoms with E-state index in [0.29, 0.717) is 12.2 Å². The van der Waals surface area contributed by atoms with Gasteiger partial charge in [-0.15, -0.1) is 0 Å². The Hall–Kier alpha value is -0.540. The van der Waals surface area contributed by atoms with E-state index in [9.17, 15) is 5.11 Å². The van der Waals surface area contributed by atoms with Gasteiger partial charge in [0.05, 0.1) is 0 Å². The topological polar surface area (TPSA) is 46.2 Å². The second-order valence-corrected chi connectivity index (χ2v) is 5.25. The number of nitrogens with two attached hydrogens (primary N) is 1. The van der Waals surface area contributed by atoms with Gasteiger partial charge < -0.3 is 10.8 Å². The molecular formula is C11H16BrNO. The van der Waals surface area contributed by atoms with Gasteiger partial charge in [-0.2, -0.15) is 0 Å². The molecule has 0 unspecified atom stereocenters. The van der Waals surface area contributed by atoms with Crippen molar-refractivity contribution in [1.82, 2.24) is 0 Å². The van der Waals surface area contributed by atoms with Crippen molar-refractivity contribution in [2.45, 2.75) is 32.7 Å². The van der Waals surface area contributed by atoms with Gasteiger partial charge in [0.15, 0.2) is 0 Å². The number of phenols is 1. The van der Waals surface area contributed by atoms with Crippen LogP contribution in [0, 0.1) is 6.92 Å². The number of aryl methyl sites for hydroxylation is 1. The third-order valence-electron chi connectivity index (χ3n) is 2.01. The molecule has 0 bridgehead atoms. The zero-order valence-corrected chi connectivity index (χ0v) is 10.4. The number of benzene rings is 1. The van der Waals surface area contributed by atoms with Gasteiger partial charge in [-0.05, 0) is 50.5 Å². The molecule has 3 heteroatoms. The van der Waals surface area contributed by atoms with Gasteiger partial charge in [0.1, 0.15) is 5.75 Å². The van der Waals surface area contributed by atoms with E-state index in [1.807, 2.05) is 26.8 Å². The summed E-state index contributed by atoms with van der Waals surface area (Å²) in [4.78, 5) is 0. The van der Waals surface area contributed by atoms with Crippen LogP contribution < -0.4 is 5.73 Å². The lowest BCUT2D eigenvalue weighted by Crippen LogP contribution is -2.34. The lowest BCUT2D eigenvalue weighted by Gasteiger charge is -2.19. The van der Waals surface area contributed by atoms with Crippen LogP contribution in [-0.4, -0.2) is 10.6 Å². The molecule has 2 nitrogen and oxygen atoms in total. The summed E-state index contributed by atoms with van der Waals surface area (Å²) in [6.07, 6.45) is 0.664. The Kier molecular flexibility index (Phi) is 3.22. The summed E-state index contributed by atoms with van der Waals surface area (Å²) in [5.74, 6) is 0.323. The van der Waals surface area contributed by atoms with Gasteiger partial charge in [0.25, 0.3) is 0 Å². The highest BCUT2D eigenvalue weighted by Gasteiger charge is 2.15. The van der Waals surface area contributed by atoms with Gasteiger partial charge in [0.2, 0.25) is 0 Å². The number of rotatable bonds is 2. The smallest absolute Gasteiger partial charge is 0.119 e. The van der Waals surface area contributed by atoms with E-state index in [4.69, 9.17) is 5.73 Å². The highest BCUT2D eigenvalue weighted by molar-refractivity contribution is 9.10. The molecule has 0 aliphatic rings. The molecule has 78 valence electrons. The molecule has 0 heterocycles. The molecule has 14 heavy (non-hydrogen) atoms. The third kappa shape index (κ3) is 3.00. The molecule has 0 aliphatic heterocycles. The Balaban J connectivity index is 3.04. The Bertz CT molecular complexity index is 342. The summed E-state index contributed by atoms with van der Waals surface area (Å²) in [5.41, 5.74) is 7.51. The highest BCUT2D eigenvalue weighted by atomic mass is 79.9. The van der Waals surface area contributed by atoms with E-state index in [1.54, 1.807) is 6.07 Å². The minimum Gasteiger partial charge on any atom is -0.508 e. The van der Waals surface area contributed by atoms with E-state index < -0.39 is 0 Å². The second kappa shape index (κ2) is 3.91. The molecule has 3 N–H and O–H groups in total. The van der Waals surface area contributed by atoms with Crippen LogP contribution in [0.3, 0.4) is 0 Å². The minimum atomic E-state index is -0.299. The predicted molar refractivity (Wildman–Crippen MR) is 62.5 cm³/mol. The minimum absolute atomic E-state index is 0.299. The van der Waals surface area contributed by atoms with Crippen molar-refractivity contribution in [2.75, 3.05) is 0 Å². The summed E-state index contributed by atoms with van der Waals surface area (Å²) in [6.45, 7) is 5.83. The molecule has 0 aromatic heterocycles. The number of aromatic hydroxyl groups is 1. The van der Waals surface area contributed by atoms with Crippen molar-refractivity contribution < 1.29 is 5.11 Å². The number of phenolic OH excluding ortho intramolecular Hbond substituents is 1. The molecule has 1 aromatic rings. The summed E-state index contributed by atoms with van der Waals surface area (Å²) >= 11 is 3.44. The van der Waals surface area contributed by atoms with Crippen molar-refractivity contribution in [3.05, 3.63) is 27.7 Å². The van der Waals surface area contributed by atoms with E-state index >= 15 is 0 Å². The summed E-state index contributed by atoms with van der Waals surface area (Å²) in [5, 5.41) is 9.70. The molecule has 0 fully saturated rings. The maximum absolute atomic E-state index is 9.70. The van der Waals surface area contributed by atoms with Gasteiger partial charge in [-0.1, -0.05) is 15.9 Å². The highest BCUT2D eigenvalue weighted by Crippen LogP contribution is 2.28. The fourth-order valence-electron chi connectivity index (χ4n) is 1.34. The lowest BCUT2D eigenvalue weighted by molar-refractivity contribution is 0.449. The van der Waals surface area contributed by atoms with E-state index in [1.165, 1.54) is 0 Å². The normalized spacial score (nSPS) is 11.8. The van der Waals surface area contributed by atoms with Crippen LogP contribution in [0.15, 0.2) is 16.6 Å². The van der Waals surface area contributed by atoms with Crippen LogP contribution in [0.4, 0.5) is 0 Å². The standard InChI is InChI=1S/C11H16BrNO/c1-7-4-10(14)8(5-9(7)12)6-11(2,3)13/h4-5,14H,6,13H2,1-3H3. The first-order chi connectivity index (χ1) is 6.29. The molecule has 1 rings (SSSR count). The summed E-state index contributed by atoms with van der Waals surface area (Å²) < 4.78 is 1.01. The third-order valence-corrected chi connectivity index (χ3v) is 2.86. The van der Waals surface area contributed by atoms with Crippen molar-refractivity contribution >= 4 is 15.9 Å². The summed E-state index contributed by atoms with van der Waals surface area (Å²) in [7, 11) is 0. The molecule has 0 saturated heterocycles. The van der Waals surface area contributed by atoms with Crippen molar-refractivity contribution in [1.29, 1.82) is 0 Å². The molecule has 0 radical (unpaired) electrons. The zero-order valence-electron chi connectivity index (χ0n) is 8.76. The van der Waals surface area contributed by atoms with Crippen LogP contribution >= 0.6 is 15.9 Å². The second-order valence-electron chi connectivity index (χ2n) is 4.40. The average Bonchev–Trinajstić information content (AvgIpc) is 1.97. The number of hydrogen-bond acceptors (Lipinski definition) is 2. The van der Waals surface area contributed by atoms with E-state index in [0.717, 1.165) is 15.6 Å². The zero-order chi connectivity index (χ0) is 10.9. The van der Waals surface area contributed by atoms with Crippen LogP contribution in [0.25, 0.3) is 0 Å². The van der Waals surface area contributed by atoms with Crippen LogP contribution in [-0.2, 0) is 6.42 Å². The Morgan fingerprint density at radius 2 is 2.00 bits per heavy atom. The SMILES string of the molecule is Cc1cc(O)c(CC(C)(C)N)cc1Br. The maximum Gasteiger partial charge on any atom is 0.119 e. The van der Waals surface area contributed by atoms with Crippen molar-refractivity contribution in [2.24, 2.45) is 5.73 Å². The fraction of sp³-hybridized carbons (Fsp3) is 0.455. The Morgan fingerprint density at radius 3 is 2.50 bits per heavy atom. The summed E-state index contributed by atoms with van der Waals surface area (Å²) in [6, 6.07) is 3.68. The van der Waals surface area contributed by atoms with Gasteiger partial charge in [-0.25, -0.2) is 0 Å². The van der Waals surface area contributed by atoms with Crippen LogP contribution in [0.5, 0.6) is 5.75 Å². The quantitative estimate of drug-likeness (QED) is 0.856. The molecule has 0 aliphatic carbocycles. The van der Waals surface area contributed by atoms with Gasteiger partial charge in [0, 0.05) is 10.0 Å². The number of hydrogen-bond donors (Lipinski definition) is 2. The first-order valence-electron chi connectivity index (χ1n) is 4.56. The van der Waals surface area contributed by atoms with Gasteiger partial charge >= 0.3 is 0 Å². The number of halogens is 1. The molecule has 0 amide bonds. The lowest BCUT2D eigenvalue weighted by atomic mass is 9.95. The Morgan fingerprint density at radius 1 is 1.43 bits per heavy atom. The predicted octanol–water partition coefficient (Wildman–Crippen LogP) is 2.74. The van der Waals surface area contributed by atoms with Crippen molar-refractivity contribution in [3.63, 3.8) is 0 Å². The molecule has 0 spiro atoms. The fourth-order valence-corrected chi connectivity index (χ4v) is 1.73. The molecule has 0 atom stereocenters. The Labute approximate surface area is 93.3 Å². The molecule has 0 saturated carbocycles. The maximum atomic E-state index is 9.70. The average molecular weight is 258 g/mol.